The molecule has 1 atom stereocenters. The molecule has 148 valence electrons. The zero-order valence-electron chi connectivity index (χ0n) is 16.2. The van der Waals surface area contributed by atoms with Crippen molar-refractivity contribution in [3.05, 3.63) is 53.5 Å². The van der Waals surface area contributed by atoms with Gasteiger partial charge in [-0.3, -0.25) is 9.78 Å². The van der Waals surface area contributed by atoms with E-state index in [1.54, 1.807) is 35.6 Å². The van der Waals surface area contributed by atoms with Gasteiger partial charge in [-0.15, -0.1) is 0 Å². The number of hydrogen-bond donors (Lipinski definition) is 0. The van der Waals surface area contributed by atoms with Crippen molar-refractivity contribution in [2.75, 3.05) is 6.61 Å². The van der Waals surface area contributed by atoms with Crippen LogP contribution in [0.5, 0.6) is 5.88 Å². The molecule has 1 aliphatic heterocycles. The van der Waals surface area contributed by atoms with E-state index in [0.717, 1.165) is 24.8 Å². The van der Waals surface area contributed by atoms with Crippen LogP contribution in [-0.4, -0.2) is 33.7 Å². The molecule has 3 heterocycles. The molecule has 0 N–H and O–H groups in total. The van der Waals surface area contributed by atoms with Crippen molar-refractivity contribution in [1.29, 1.82) is 10.5 Å². The van der Waals surface area contributed by atoms with Gasteiger partial charge in [0.25, 0.3) is 0 Å². The van der Waals surface area contributed by atoms with E-state index in [1.807, 2.05) is 6.07 Å². The molecule has 6 rings (SSSR count). The summed E-state index contributed by atoms with van der Waals surface area (Å²) in [5.41, 5.74) is 1.46. The predicted octanol–water partition coefficient (Wildman–Crippen LogP) is 2.73. The van der Waals surface area contributed by atoms with Gasteiger partial charge in [0.2, 0.25) is 11.8 Å². The Morgan fingerprint density at radius 1 is 1.17 bits per heavy atom. The van der Waals surface area contributed by atoms with Crippen molar-refractivity contribution < 1.29 is 9.53 Å². The predicted molar refractivity (Wildman–Crippen MR) is 105 cm³/mol. The molecule has 4 aliphatic rings. The maximum atomic E-state index is 13.3. The van der Waals surface area contributed by atoms with Crippen molar-refractivity contribution in [3.63, 3.8) is 0 Å². The molecule has 2 bridgehead atoms. The zero-order valence-corrected chi connectivity index (χ0v) is 16.2. The second kappa shape index (κ2) is 6.64. The molecule has 3 saturated carbocycles. The zero-order chi connectivity index (χ0) is 20.8. The number of pyridine rings is 2. The Hall–Kier alpha value is -3.78. The first-order valence-corrected chi connectivity index (χ1v) is 9.77. The molecular formula is C22H18N6O2. The highest BCUT2D eigenvalue weighted by Gasteiger charge is 2.72. The summed E-state index contributed by atoms with van der Waals surface area (Å²) in [5.74, 6) is 0.537. The van der Waals surface area contributed by atoms with Crippen LogP contribution in [-0.2, 0) is 4.79 Å². The monoisotopic (exact) mass is 398 g/mol. The molecule has 0 radical (unpaired) electrons. The van der Waals surface area contributed by atoms with E-state index in [9.17, 15) is 4.79 Å². The van der Waals surface area contributed by atoms with Crippen LogP contribution in [0, 0.1) is 33.5 Å². The van der Waals surface area contributed by atoms with Crippen molar-refractivity contribution in [1.82, 2.24) is 15.0 Å². The van der Waals surface area contributed by atoms with Gasteiger partial charge in [0.15, 0.2) is 0 Å². The summed E-state index contributed by atoms with van der Waals surface area (Å²) in [6, 6.07) is 9.06. The number of rotatable bonds is 5. The highest BCUT2D eigenvalue weighted by Crippen LogP contribution is 2.74. The first-order chi connectivity index (χ1) is 14.6. The number of aromatic nitrogens is 2. The third-order valence-electron chi connectivity index (χ3n) is 6.30. The Morgan fingerprint density at radius 3 is 2.67 bits per heavy atom. The minimum absolute atomic E-state index is 0.0203. The molecule has 8 heteroatoms. The van der Waals surface area contributed by atoms with Gasteiger partial charge < -0.3 is 4.74 Å². The van der Waals surface area contributed by atoms with Gasteiger partial charge in [0.1, 0.15) is 12.1 Å². The quantitative estimate of drug-likeness (QED) is 0.765. The highest BCUT2D eigenvalue weighted by molar-refractivity contribution is 5.88. The Morgan fingerprint density at radius 2 is 1.97 bits per heavy atom. The molecule has 1 unspecified atom stereocenters. The van der Waals surface area contributed by atoms with Gasteiger partial charge in [0.05, 0.1) is 29.2 Å². The molecule has 0 spiro atoms. The van der Waals surface area contributed by atoms with E-state index in [-0.39, 0.29) is 22.8 Å². The maximum Gasteiger partial charge on any atom is 0.249 e. The van der Waals surface area contributed by atoms with Crippen molar-refractivity contribution in [3.8, 4) is 18.0 Å². The fourth-order valence-corrected chi connectivity index (χ4v) is 4.97. The molecule has 30 heavy (non-hydrogen) atoms. The number of nitriles is 2. The van der Waals surface area contributed by atoms with Crippen molar-refractivity contribution in [2.45, 2.75) is 31.7 Å². The van der Waals surface area contributed by atoms with Crippen molar-refractivity contribution >= 4 is 12.1 Å². The van der Waals surface area contributed by atoms with Crippen LogP contribution in [0.25, 0.3) is 0 Å². The van der Waals surface area contributed by atoms with Gasteiger partial charge in [-0.25, -0.2) is 9.99 Å². The lowest BCUT2D eigenvalue weighted by atomic mass is 9.35. The summed E-state index contributed by atoms with van der Waals surface area (Å²) in [6.45, 7) is 0.516. The molecule has 3 fully saturated rings. The number of carbonyl (C=O) groups excluding carboxylic acids is 1. The van der Waals surface area contributed by atoms with Crippen LogP contribution in [0.2, 0.25) is 0 Å². The second-order valence-corrected chi connectivity index (χ2v) is 8.41. The van der Waals surface area contributed by atoms with Crippen LogP contribution in [0.3, 0.4) is 0 Å². The van der Waals surface area contributed by atoms with Crippen LogP contribution in [0.1, 0.15) is 48.4 Å². The topological polar surface area (TPSA) is 115 Å². The SMILES string of the molecule is N#Cc1ccc(OCC23CC(C(=O)N4N=CCC4c4cncc(C#N)c4)(C2)C3)nc1. The van der Waals surface area contributed by atoms with Gasteiger partial charge >= 0.3 is 0 Å². The molecule has 2 aromatic rings. The first kappa shape index (κ1) is 18.3. The van der Waals surface area contributed by atoms with E-state index in [2.05, 4.69) is 21.1 Å². The average molecular weight is 398 g/mol. The molecule has 0 aromatic carbocycles. The third-order valence-corrected chi connectivity index (χ3v) is 6.30. The Balaban J connectivity index is 1.21. The van der Waals surface area contributed by atoms with Crippen LogP contribution in [0.15, 0.2) is 41.9 Å². The van der Waals surface area contributed by atoms with E-state index in [0.29, 0.717) is 30.0 Å². The maximum absolute atomic E-state index is 13.3. The number of hydrazone groups is 1. The van der Waals surface area contributed by atoms with Crippen LogP contribution < -0.4 is 4.74 Å². The van der Waals surface area contributed by atoms with E-state index in [1.165, 1.54) is 12.4 Å². The fraction of sp³-hybridized carbons (Fsp3) is 0.364. The van der Waals surface area contributed by atoms with Gasteiger partial charge in [-0.05, 0) is 37.0 Å². The van der Waals surface area contributed by atoms with Crippen LogP contribution >= 0.6 is 0 Å². The minimum atomic E-state index is -0.359. The fourth-order valence-electron chi connectivity index (χ4n) is 4.97. The minimum Gasteiger partial charge on any atom is -0.477 e. The molecular weight excluding hydrogens is 380 g/mol. The summed E-state index contributed by atoms with van der Waals surface area (Å²) >= 11 is 0. The van der Waals surface area contributed by atoms with E-state index in [4.69, 9.17) is 15.3 Å². The molecule has 3 aliphatic carbocycles. The standard InChI is InChI=1S/C22H18N6O2/c23-6-15-1-2-19(26-9-15)30-14-21-11-22(12-21,13-21)20(29)28-18(3-4-27-28)17-5-16(7-24)8-25-10-17/h1-2,4-5,8-10,18H,3,11-14H2. The number of hydrogen-bond acceptors (Lipinski definition) is 7. The lowest BCUT2D eigenvalue weighted by Gasteiger charge is -2.69. The van der Waals surface area contributed by atoms with Gasteiger partial charge in [0, 0.05) is 42.7 Å². The number of ether oxygens (including phenoxy) is 1. The van der Waals surface area contributed by atoms with Crippen LogP contribution in [0.4, 0.5) is 0 Å². The summed E-state index contributed by atoms with van der Waals surface area (Å²) in [4.78, 5) is 21.5. The smallest absolute Gasteiger partial charge is 0.249 e. The lowest BCUT2D eigenvalue weighted by molar-refractivity contribution is -0.227. The second-order valence-electron chi connectivity index (χ2n) is 8.41. The molecule has 2 aromatic heterocycles. The summed E-state index contributed by atoms with van der Waals surface area (Å²) < 4.78 is 5.80. The lowest BCUT2D eigenvalue weighted by Crippen LogP contribution is -2.69. The van der Waals surface area contributed by atoms with Gasteiger partial charge in [-0.1, -0.05) is 0 Å². The summed E-state index contributed by atoms with van der Waals surface area (Å²) in [5, 5.41) is 23.9. The van der Waals surface area contributed by atoms with E-state index >= 15 is 0 Å². The molecule has 8 nitrogen and oxygen atoms in total. The molecule has 0 saturated heterocycles. The first-order valence-electron chi connectivity index (χ1n) is 9.77. The van der Waals surface area contributed by atoms with Crippen molar-refractivity contribution in [2.24, 2.45) is 15.9 Å². The Kier molecular flexibility index (Phi) is 4.04. The Labute approximate surface area is 173 Å². The van der Waals surface area contributed by atoms with E-state index < -0.39 is 0 Å². The largest absolute Gasteiger partial charge is 0.477 e. The number of amides is 1. The average Bonchev–Trinajstić information content (AvgIpc) is 3.22. The summed E-state index contributed by atoms with van der Waals surface area (Å²) in [7, 11) is 0. The molecule has 1 amide bonds. The van der Waals surface area contributed by atoms with Gasteiger partial charge in [-0.2, -0.15) is 15.6 Å². The third kappa shape index (κ3) is 2.81. The number of carbonyl (C=O) groups is 1. The number of nitrogens with zero attached hydrogens (tertiary/aromatic N) is 6. The summed E-state index contributed by atoms with van der Waals surface area (Å²) in [6.07, 6.45) is 9.42. The normalized spacial score (nSPS) is 28.1. The Bertz CT molecular complexity index is 1110. The highest BCUT2D eigenvalue weighted by atomic mass is 16.5.